The van der Waals surface area contributed by atoms with Crippen LogP contribution in [0.3, 0.4) is 0 Å². The van der Waals surface area contributed by atoms with Gasteiger partial charge in [-0.05, 0) is 30.7 Å². The summed E-state index contributed by atoms with van der Waals surface area (Å²) in [6.07, 6.45) is 0.165. The molecule has 3 rings (SSSR count). The summed E-state index contributed by atoms with van der Waals surface area (Å²) in [5.41, 5.74) is 1.40. The topological polar surface area (TPSA) is 88.4 Å². The Hall–Kier alpha value is -4.37. The summed E-state index contributed by atoms with van der Waals surface area (Å²) < 4.78 is 11.1. The van der Waals surface area contributed by atoms with Crippen molar-refractivity contribution >= 4 is 23.6 Å². The van der Waals surface area contributed by atoms with Crippen LogP contribution >= 0.6 is 0 Å². The molecule has 0 aliphatic rings. The van der Waals surface area contributed by atoms with Crippen LogP contribution in [0.25, 0.3) is 6.08 Å². The minimum absolute atomic E-state index is 0.209. The van der Waals surface area contributed by atoms with E-state index in [0.717, 1.165) is 0 Å². The molecule has 0 heterocycles. The number of nitrogens with one attached hydrogen (secondary N) is 1. The highest BCUT2D eigenvalue weighted by molar-refractivity contribution is 6.01. The quantitative estimate of drug-likeness (QED) is 0.314. The molecule has 0 aliphatic carbocycles. The molecule has 0 saturated heterocycles. The molecule has 6 nitrogen and oxygen atoms in total. The second-order valence-corrected chi connectivity index (χ2v) is 6.69. The molecule has 1 N–H and O–H groups in total. The smallest absolute Gasteiger partial charge is 0.350 e. The lowest BCUT2D eigenvalue weighted by molar-refractivity contribution is -0.150. The first-order valence-electron chi connectivity index (χ1n) is 10.1. The fraction of sp³-hybridized carbons (Fsp3) is 0.115. The van der Waals surface area contributed by atoms with E-state index < -0.39 is 18.0 Å². The standard InChI is InChI=1S/C26H22N2O4/c1-2-31-23-16-10-9-15-22(23)28-25(29)24(20-13-7-4-8-14-20)32-26(30)21(18-27)17-19-11-5-3-6-12-19/h3-17,24H,2H2,1H3,(H,28,29)/b21-17+. The van der Waals surface area contributed by atoms with Crippen molar-refractivity contribution in [1.82, 2.24) is 0 Å². The minimum atomic E-state index is -1.26. The molecule has 0 fully saturated rings. The summed E-state index contributed by atoms with van der Waals surface area (Å²) in [5, 5.41) is 12.2. The Kier molecular flexibility index (Phi) is 7.77. The van der Waals surface area contributed by atoms with Crippen LogP contribution in [0.5, 0.6) is 5.75 Å². The first kappa shape index (κ1) is 22.3. The van der Waals surface area contributed by atoms with Gasteiger partial charge in [0, 0.05) is 5.56 Å². The second kappa shape index (κ2) is 11.1. The molecule has 32 heavy (non-hydrogen) atoms. The Bertz CT molecular complexity index is 1140. The summed E-state index contributed by atoms with van der Waals surface area (Å²) in [6.45, 7) is 2.27. The highest BCUT2D eigenvalue weighted by atomic mass is 16.5. The van der Waals surface area contributed by atoms with Crippen molar-refractivity contribution in [2.45, 2.75) is 13.0 Å². The number of rotatable bonds is 8. The first-order chi connectivity index (χ1) is 15.6. The lowest BCUT2D eigenvalue weighted by atomic mass is 10.1. The maximum atomic E-state index is 13.1. The zero-order valence-electron chi connectivity index (χ0n) is 17.5. The molecule has 0 aliphatic heterocycles. The van der Waals surface area contributed by atoms with Gasteiger partial charge >= 0.3 is 5.97 Å². The summed E-state index contributed by atoms with van der Waals surface area (Å²) in [4.78, 5) is 25.9. The van der Waals surface area contributed by atoms with Crippen LogP contribution in [0.1, 0.15) is 24.2 Å². The number of esters is 1. The van der Waals surface area contributed by atoms with Gasteiger partial charge in [0.1, 0.15) is 17.4 Å². The Morgan fingerprint density at radius 3 is 2.25 bits per heavy atom. The van der Waals surface area contributed by atoms with E-state index in [1.54, 1.807) is 78.9 Å². The lowest BCUT2D eigenvalue weighted by Gasteiger charge is -2.19. The number of hydrogen-bond acceptors (Lipinski definition) is 5. The third-order valence-electron chi connectivity index (χ3n) is 4.46. The molecule has 6 heteroatoms. The van der Waals surface area contributed by atoms with E-state index >= 15 is 0 Å². The van der Waals surface area contributed by atoms with E-state index in [4.69, 9.17) is 9.47 Å². The van der Waals surface area contributed by atoms with Crippen molar-refractivity contribution in [2.24, 2.45) is 0 Å². The number of benzene rings is 3. The number of carbonyl (C=O) groups excluding carboxylic acids is 2. The Morgan fingerprint density at radius 1 is 0.969 bits per heavy atom. The first-order valence-corrected chi connectivity index (χ1v) is 10.1. The van der Waals surface area contributed by atoms with Crippen LogP contribution in [0.2, 0.25) is 0 Å². The Labute approximate surface area is 186 Å². The van der Waals surface area contributed by atoms with Gasteiger partial charge in [-0.15, -0.1) is 0 Å². The van der Waals surface area contributed by atoms with E-state index in [1.807, 2.05) is 19.1 Å². The van der Waals surface area contributed by atoms with E-state index in [2.05, 4.69) is 5.32 Å². The monoisotopic (exact) mass is 426 g/mol. The summed E-state index contributed by atoms with van der Waals surface area (Å²) in [5.74, 6) is -0.949. The normalized spacial score (nSPS) is 11.7. The molecule has 3 aromatic carbocycles. The molecular weight excluding hydrogens is 404 g/mol. The molecule has 1 unspecified atom stereocenters. The van der Waals surface area contributed by atoms with Gasteiger partial charge in [0.2, 0.25) is 6.10 Å². The van der Waals surface area contributed by atoms with Gasteiger partial charge in [0.25, 0.3) is 5.91 Å². The predicted octanol–water partition coefficient (Wildman–Crippen LogP) is 4.92. The van der Waals surface area contributed by atoms with Crippen LogP contribution in [-0.2, 0) is 14.3 Å². The average molecular weight is 426 g/mol. The number of amides is 1. The number of carbonyl (C=O) groups is 2. The van der Waals surface area contributed by atoms with Crippen LogP contribution in [0.4, 0.5) is 5.69 Å². The minimum Gasteiger partial charge on any atom is -0.492 e. The van der Waals surface area contributed by atoms with Crippen LogP contribution < -0.4 is 10.1 Å². The van der Waals surface area contributed by atoms with E-state index in [0.29, 0.717) is 29.2 Å². The highest BCUT2D eigenvalue weighted by Crippen LogP contribution is 2.27. The maximum absolute atomic E-state index is 13.1. The Balaban J connectivity index is 1.87. The number of hydrogen-bond donors (Lipinski definition) is 1. The molecule has 0 bridgehead atoms. The summed E-state index contributed by atoms with van der Waals surface area (Å²) in [6, 6.07) is 26.4. The summed E-state index contributed by atoms with van der Waals surface area (Å²) >= 11 is 0. The van der Waals surface area contributed by atoms with Crippen LogP contribution in [0.15, 0.2) is 90.5 Å². The van der Waals surface area contributed by atoms with Gasteiger partial charge in [-0.25, -0.2) is 4.79 Å². The van der Waals surface area contributed by atoms with Crippen molar-refractivity contribution in [3.63, 3.8) is 0 Å². The van der Waals surface area contributed by atoms with Crippen LogP contribution in [-0.4, -0.2) is 18.5 Å². The van der Waals surface area contributed by atoms with Crippen molar-refractivity contribution < 1.29 is 19.1 Å². The number of ether oxygens (including phenoxy) is 2. The number of anilines is 1. The molecule has 0 radical (unpaired) electrons. The van der Waals surface area contributed by atoms with E-state index in [9.17, 15) is 14.9 Å². The Morgan fingerprint density at radius 2 is 1.59 bits per heavy atom. The lowest BCUT2D eigenvalue weighted by Crippen LogP contribution is -2.26. The molecule has 0 saturated carbocycles. The van der Waals surface area contributed by atoms with E-state index in [-0.39, 0.29) is 5.57 Å². The van der Waals surface area contributed by atoms with Gasteiger partial charge in [-0.1, -0.05) is 72.8 Å². The third kappa shape index (κ3) is 5.83. The third-order valence-corrected chi connectivity index (χ3v) is 4.46. The van der Waals surface area contributed by atoms with Crippen molar-refractivity contribution in [3.05, 3.63) is 102 Å². The molecule has 1 atom stereocenters. The molecule has 160 valence electrons. The predicted molar refractivity (Wildman–Crippen MR) is 122 cm³/mol. The zero-order valence-corrected chi connectivity index (χ0v) is 17.5. The van der Waals surface area contributed by atoms with Crippen LogP contribution in [0, 0.1) is 11.3 Å². The second-order valence-electron chi connectivity index (χ2n) is 6.69. The SMILES string of the molecule is CCOc1ccccc1NC(=O)C(OC(=O)/C(C#N)=C/c1ccccc1)c1ccccc1. The molecule has 3 aromatic rings. The highest BCUT2D eigenvalue weighted by Gasteiger charge is 2.27. The zero-order chi connectivity index (χ0) is 22.8. The fourth-order valence-electron chi connectivity index (χ4n) is 2.97. The number of nitrogens with zero attached hydrogens (tertiary/aromatic N) is 1. The molecule has 0 spiro atoms. The summed E-state index contributed by atoms with van der Waals surface area (Å²) in [7, 11) is 0. The molecular formula is C26H22N2O4. The largest absolute Gasteiger partial charge is 0.492 e. The van der Waals surface area contributed by atoms with Crippen molar-refractivity contribution in [3.8, 4) is 11.8 Å². The van der Waals surface area contributed by atoms with E-state index in [1.165, 1.54) is 6.08 Å². The van der Waals surface area contributed by atoms with Crippen molar-refractivity contribution in [1.29, 1.82) is 5.26 Å². The van der Waals surface area contributed by atoms with Gasteiger partial charge in [-0.2, -0.15) is 5.26 Å². The van der Waals surface area contributed by atoms with Crippen molar-refractivity contribution in [2.75, 3.05) is 11.9 Å². The maximum Gasteiger partial charge on any atom is 0.350 e. The molecule has 1 amide bonds. The molecule has 0 aromatic heterocycles. The van der Waals surface area contributed by atoms with Gasteiger partial charge in [0.15, 0.2) is 0 Å². The fourth-order valence-corrected chi connectivity index (χ4v) is 2.97. The number of para-hydroxylation sites is 2. The van der Waals surface area contributed by atoms with Gasteiger partial charge in [-0.3, -0.25) is 4.79 Å². The average Bonchev–Trinajstić information content (AvgIpc) is 2.83. The number of nitriles is 1. The van der Waals surface area contributed by atoms with Gasteiger partial charge in [0.05, 0.1) is 12.3 Å². The van der Waals surface area contributed by atoms with Gasteiger partial charge < -0.3 is 14.8 Å².